The summed E-state index contributed by atoms with van der Waals surface area (Å²) in [6.45, 7) is 1.44. The Labute approximate surface area is 158 Å². The second-order valence-electron chi connectivity index (χ2n) is 7.94. The molecule has 1 saturated heterocycles. The fourth-order valence-corrected chi connectivity index (χ4v) is 4.86. The highest BCUT2D eigenvalue weighted by Gasteiger charge is 2.49. The normalized spacial score (nSPS) is 34.7. The predicted molar refractivity (Wildman–Crippen MR) is 102 cm³/mol. The Morgan fingerprint density at radius 1 is 1.20 bits per heavy atom. The molecule has 25 heavy (non-hydrogen) atoms. The van der Waals surface area contributed by atoms with Crippen molar-refractivity contribution in [3.63, 3.8) is 0 Å². The van der Waals surface area contributed by atoms with Gasteiger partial charge in [-0.1, -0.05) is 28.1 Å². The molecule has 0 N–H and O–H groups in total. The van der Waals surface area contributed by atoms with Crippen molar-refractivity contribution in [3.8, 4) is 0 Å². The summed E-state index contributed by atoms with van der Waals surface area (Å²) in [6, 6.07) is 9.29. The van der Waals surface area contributed by atoms with Gasteiger partial charge in [0.05, 0.1) is 18.8 Å². The predicted octanol–water partition coefficient (Wildman–Crippen LogP) is 3.26. The van der Waals surface area contributed by atoms with Crippen molar-refractivity contribution in [2.75, 3.05) is 27.2 Å². The van der Waals surface area contributed by atoms with Gasteiger partial charge in [0, 0.05) is 23.0 Å². The number of fused-ring (bicyclic) bond motifs is 1. The first-order chi connectivity index (χ1) is 12.0. The number of nitrogens with zero attached hydrogens (tertiary/aromatic N) is 2. The molecular weight excluding hydrogens is 380 g/mol. The van der Waals surface area contributed by atoms with Crippen LogP contribution in [0.25, 0.3) is 0 Å². The monoisotopic (exact) mass is 406 g/mol. The summed E-state index contributed by atoms with van der Waals surface area (Å²) in [7, 11) is 4.29. The van der Waals surface area contributed by atoms with E-state index in [2.05, 4.69) is 64.1 Å². The number of rotatable bonds is 3. The van der Waals surface area contributed by atoms with Gasteiger partial charge in [-0.2, -0.15) is 0 Å². The molecule has 5 atom stereocenters. The van der Waals surface area contributed by atoms with Crippen molar-refractivity contribution in [1.82, 2.24) is 9.80 Å². The van der Waals surface area contributed by atoms with E-state index in [-0.39, 0.29) is 18.1 Å². The smallest absolute Gasteiger partial charge is 0.226 e. The fraction of sp³-hybridized carbons (Fsp3) is 0.650. The quantitative estimate of drug-likeness (QED) is 0.771. The van der Waals surface area contributed by atoms with Crippen LogP contribution in [-0.4, -0.2) is 61.1 Å². The first-order valence-corrected chi connectivity index (χ1v) is 10.2. The first-order valence-electron chi connectivity index (χ1n) is 9.38. The second-order valence-corrected chi connectivity index (χ2v) is 8.85. The van der Waals surface area contributed by atoms with Crippen molar-refractivity contribution in [2.24, 2.45) is 5.92 Å². The van der Waals surface area contributed by atoms with E-state index < -0.39 is 0 Å². The molecule has 1 heterocycles. The van der Waals surface area contributed by atoms with E-state index in [1.807, 2.05) is 0 Å². The van der Waals surface area contributed by atoms with E-state index in [1.165, 1.54) is 5.56 Å². The van der Waals surface area contributed by atoms with Gasteiger partial charge in [0.15, 0.2) is 0 Å². The van der Waals surface area contributed by atoms with Crippen molar-refractivity contribution in [2.45, 2.75) is 49.8 Å². The Bertz CT molecular complexity index is 633. The van der Waals surface area contributed by atoms with Crippen molar-refractivity contribution < 1.29 is 9.53 Å². The molecule has 3 fully saturated rings. The number of hydrogen-bond donors (Lipinski definition) is 0. The molecular formula is C20H27BrN2O2. The number of morpholine rings is 1. The highest BCUT2D eigenvalue weighted by Crippen LogP contribution is 2.49. The summed E-state index contributed by atoms with van der Waals surface area (Å²) in [5, 5.41) is 0. The van der Waals surface area contributed by atoms with Gasteiger partial charge >= 0.3 is 0 Å². The van der Waals surface area contributed by atoms with Crippen LogP contribution in [0, 0.1) is 5.92 Å². The van der Waals surface area contributed by atoms with Crippen LogP contribution in [0.3, 0.4) is 0 Å². The van der Waals surface area contributed by atoms with E-state index in [0.29, 0.717) is 24.5 Å². The molecule has 0 spiro atoms. The van der Waals surface area contributed by atoms with Crippen LogP contribution in [0.2, 0.25) is 0 Å². The van der Waals surface area contributed by atoms with Gasteiger partial charge in [-0.25, -0.2) is 0 Å². The minimum Gasteiger partial charge on any atom is -0.374 e. The molecule has 0 aromatic heterocycles. The third-order valence-corrected chi connectivity index (χ3v) is 6.74. The molecule has 1 aromatic rings. The van der Waals surface area contributed by atoms with Crippen molar-refractivity contribution >= 4 is 21.8 Å². The lowest BCUT2D eigenvalue weighted by Crippen LogP contribution is -2.58. The molecule has 1 aliphatic heterocycles. The van der Waals surface area contributed by atoms with E-state index >= 15 is 0 Å². The standard InChI is InChI=1S/C20H27BrN2O2/c1-22(2)15-7-8-18-19(11-15)25-10-9-23(18)20(24)17-12-16(17)13-3-5-14(21)6-4-13/h3-6,15-19H,7-12H2,1-2H3/t15-,16+,17+,18-,19+/m1/s1. The van der Waals surface area contributed by atoms with Gasteiger partial charge in [-0.05, 0) is 63.4 Å². The highest BCUT2D eigenvalue weighted by atomic mass is 79.9. The molecule has 1 amide bonds. The van der Waals surface area contributed by atoms with Crippen LogP contribution in [0.4, 0.5) is 0 Å². The fourth-order valence-electron chi connectivity index (χ4n) is 4.60. The van der Waals surface area contributed by atoms with E-state index in [9.17, 15) is 4.79 Å². The van der Waals surface area contributed by atoms with E-state index in [1.54, 1.807) is 0 Å². The van der Waals surface area contributed by atoms with Crippen LogP contribution in [-0.2, 0) is 9.53 Å². The molecule has 4 nitrogen and oxygen atoms in total. The summed E-state index contributed by atoms with van der Waals surface area (Å²) >= 11 is 3.48. The zero-order valence-corrected chi connectivity index (χ0v) is 16.6. The number of amides is 1. The molecule has 4 rings (SSSR count). The molecule has 0 bridgehead atoms. The first kappa shape index (κ1) is 17.5. The Balaban J connectivity index is 1.42. The van der Waals surface area contributed by atoms with Gasteiger partial charge in [0.2, 0.25) is 5.91 Å². The molecule has 3 aliphatic rings. The summed E-state index contributed by atoms with van der Waals surface area (Å²) < 4.78 is 7.13. The summed E-state index contributed by atoms with van der Waals surface area (Å²) in [5.41, 5.74) is 1.29. The third-order valence-electron chi connectivity index (χ3n) is 6.21. The molecule has 5 heteroatoms. The zero-order valence-electron chi connectivity index (χ0n) is 15.0. The second kappa shape index (κ2) is 7.01. The molecule has 0 radical (unpaired) electrons. The van der Waals surface area contributed by atoms with Gasteiger partial charge < -0.3 is 14.5 Å². The average Bonchev–Trinajstić information content (AvgIpc) is 3.41. The molecule has 2 saturated carbocycles. The lowest BCUT2D eigenvalue weighted by Gasteiger charge is -2.47. The minimum absolute atomic E-state index is 0.173. The van der Waals surface area contributed by atoms with Crippen molar-refractivity contribution in [1.29, 1.82) is 0 Å². The number of hydrogen-bond acceptors (Lipinski definition) is 3. The molecule has 1 aromatic carbocycles. The van der Waals surface area contributed by atoms with Crippen LogP contribution < -0.4 is 0 Å². The maximum Gasteiger partial charge on any atom is 0.226 e. The Morgan fingerprint density at radius 3 is 2.68 bits per heavy atom. The zero-order chi connectivity index (χ0) is 17.6. The van der Waals surface area contributed by atoms with Crippen LogP contribution in [0.15, 0.2) is 28.7 Å². The Kier molecular flexibility index (Phi) is 4.91. The SMILES string of the molecule is CN(C)[C@@H]1CC[C@@H]2[C@H](C1)OCCN2C(=O)[C@H]1C[C@H]1c1ccc(Br)cc1. The Hall–Kier alpha value is -0.910. The van der Waals surface area contributed by atoms with E-state index in [4.69, 9.17) is 4.74 Å². The minimum atomic E-state index is 0.173. The van der Waals surface area contributed by atoms with Crippen molar-refractivity contribution in [3.05, 3.63) is 34.3 Å². The van der Waals surface area contributed by atoms with E-state index in [0.717, 1.165) is 36.7 Å². The van der Waals surface area contributed by atoms with Gasteiger partial charge in [0.25, 0.3) is 0 Å². The maximum atomic E-state index is 13.1. The van der Waals surface area contributed by atoms with Crippen LogP contribution in [0.5, 0.6) is 0 Å². The summed E-state index contributed by atoms with van der Waals surface area (Å²) in [5.74, 6) is 0.932. The molecule has 2 aliphatic carbocycles. The number of carbonyl (C=O) groups is 1. The molecule has 0 unspecified atom stereocenters. The lowest BCUT2D eigenvalue weighted by molar-refractivity contribution is -0.153. The van der Waals surface area contributed by atoms with Gasteiger partial charge in [-0.3, -0.25) is 4.79 Å². The highest BCUT2D eigenvalue weighted by molar-refractivity contribution is 9.10. The topological polar surface area (TPSA) is 32.8 Å². The number of halogens is 1. The summed E-state index contributed by atoms with van der Waals surface area (Å²) in [4.78, 5) is 17.6. The number of ether oxygens (including phenoxy) is 1. The average molecular weight is 407 g/mol. The molecule has 136 valence electrons. The van der Waals surface area contributed by atoms with Gasteiger partial charge in [0.1, 0.15) is 0 Å². The third kappa shape index (κ3) is 3.51. The van der Waals surface area contributed by atoms with Crippen LogP contribution >= 0.6 is 15.9 Å². The lowest BCUT2D eigenvalue weighted by atomic mass is 9.86. The number of carbonyl (C=O) groups excluding carboxylic acids is 1. The van der Waals surface area contributed by atoms with Gasteiger partial charge in [-0.15, -0.1) is 0 Å². The Morgan fingerprint density at radius 2 is 1.96 bits per heavy atom. The largest absolute Gasteiger partial charge is 0.374 e. The van der Waals surface area contributed by atoms with Crippen LogP contribution in [0.1, 0.15) is 37.2 Å². The maximum absolute atomic E-state index is 13.1. The summed E-state index contributed by atoms with van der Waals surface area (Å²) in [6.07, 6.45) is 4.47. The number of benzene rings is 1.